The van der Waals surface area contributed by atoms with Crippen LogP contribution in [0.5, 0.6) is 5.75 Å². The van der Waals surface area contributed by atoms with Crippen LogP contribution in [-0.4, -0.2) is 28.0 Å². The van der Waals surface area contributed by atoms with Gasteiger partial charge in [-0.15, -0.1) is 0 Å². The molecule has 0 aliphatic heterocycles. The lowest BCUT2D eigenvalue weighted by molar-refractivity contribution is -0.120. The summed E-state index contributed by atoms with van der Waals surface area (Å²) in [5.74, 6) is 0.682. The first-order chi connectivity index (χ1) is 17.3. The van der Waals surface area contributed by atoms with Crippen LogP contribution in [0.4, 0.5) is 5.69 Å². The molecule has 0 fully saturated rings. The van der Waals surface area contributed by atoms with Gasteiger partial charge in [0.15, 0.2) is 0 Å². The molecule has 1 N–H and O–H groups in total. The van der Waals surface area contributed by atoms with Crippen molar-refractivity contribution in [1.29, 1.82) is 0 Å². The number of amides is 1. The number of nitrogens with zero attached hydrogens (tertiary/aromatic N) is 1. The van der Waals surface area contributed by atoms with Crippen LogP contribution >= 0.6 is 0 Å². The van der Waals surface area contributed by atoms with Crippen LogP contribution in [0, 0.1) is 27.7 Å². The number of hydrogen-bond acceptors (Lipinski definition) is 4. The monoisotopic (exact) mass is 522 g/mol. The minimum absolute atomic E-state index is 0.145. The smallest absolute Gasteiger partial charge is 0.264 e. The van der Waals surface area contributed by atoms with Gasteiger partial charge in [0.1, 0.15) is 12.3 Å². The summed E-state index contributed by atoms with van der Waals surface area (Å²) in [5.41, 5.74) is 6.26. The van der Waals surface area contributed by atoms with E-state index in [1.54, 1.807) is 37.4 Å². The topological polar surface area (TPSA) is 75.7 Å². The SMILES string of the molecule is COc1cc(C)c([C@H](C)NC(=O)CN(c2ccc(C)cc2C)S(=O)(=O)c2ccc(C)cc2)cc1C(C)C. The van der Waals surface area contributed by atoms with Crippen molar-refractivity contribution in [3.8, 4) is 5.75 Å². The summed E-state index contributed by atoms with van der Waals surface area (Å²) in [6, 6.07) is 15.9. The normalized spacial score (nSPS) is 12.4. The Morgan fingerprint density at radius 3 is 2.05 bits per heavy atom. The average Bonchev–Trinajstić information content (AvgIpc) is 2.82. The van der Waals surface area contributed by atoms with Crippen molar-refractivity contribution in [3.05, 3.63) is 88.0 Å². The average molecular weight is 523 g/mol. The van der Waals surface area contributed by atoms with E-state index < -0.39 is 10.0 Å². The molecule has 3 rings (SSSR count). The third-order valence-corrected chi connectivity index (χ3v) is 8.38. The number of anilines is 1. The lowest BCUT2D eigenvalue weighted by atomic mass is 9.93. The zero-order valence-corrected chi connectivity index (χ0v) is 23.9. The molecule has 0 aromatic heterocycles. The van der Waals surface area contributed by atoms with E-state index in [0.717, 1.165) is 39.1 Å². The highest BCUT2D eigenvalue weighted by atomic mass is 32.2. The Labute approximate surface area is 221 Å². The van der Waals surface area contributed by atoms with Crippen molar-refractivity contribution >= 4 is 21.6 Å². The molecule has 0 bridgehead atoms. The van der Waals surface area contributed by atoms with Crippen molar-refractivity contribution < 1.29 is 17.9 Å². The van der Waals surface area contributed by atoms with E-state index in [2.05, 4.69) is 25.2 Å². The van der Waals surface area contributed by atoms with Gasteiger partial charge in [-0.05, 0) is 93.1 Å². The maximum Gasteiger partial charge on any atom is 0.264 e. The number of sulfonamides is 1. The number of benzene rings is 3. The van der Waals surface area contributed by atoms with Gasteiger partial charge in [-0.3, -0.25) is 9.10 Å². The van der Waals surface area contributed by atoms with Gasteiger partial charge < -0.3 is 10.1 Å². The second-order valence-corrected chi connectivity index (χ2v) is 11.9. The first-order valence-electron chi connectivity index (χ1n) is 12.5. The standard InChI is InChI=1S/C30H38N2O4S/c1-19(2)26-17-27(22(5)16-29(26)36-8)24(7)31-30(33)18-32(28-14-11-21(4)15-23(28)6)37(34,35)25-12-9-20(3)10-13-25/h9-17,19,24H,18H2,1-8H3,(H,31,33)/t24-/m0/s1. The molecule has 0 radical (unpaired) electrons. The van der Waals surface area contributed by atoms with Crippen LogP contribution in [0.2, 0.25) is 0 Å². The van der Waals surface area contributed by atoms with Crippen LogP contribution < -0.4 is 14.4 Å². The third kappa shape index (κ3) is 6.34. The highest BCUT2D eigenvalue weighted by Gasteiger charge is 2.29. The Balaban J connectivity index is 1.95. The molecule has 6 nitrogen and oxygen atoms in total. The third-order valence-electron chi connectivity index (χ3n) is 6.60. The quantitative estimate of drug-likeness (QED) is 0.367. The minimum atomic E-state index is -3.98. The summed E-state index contributed by atoms with van der Waals surface area (Å²) in [6.07, 6.45) is 0. The van der Waals surface area contributed by atoms with Crippen LogP contribution in [0.1, 0.15) is 66.1 Å². The van der Waals surface area contributed by atoms with Gasteiger partial charge in [-0.2, -0.15) is 0 Å². The second kappa shape index (κ2) is 11.4. The number of methoxy groups -OCH3 is 1. The molecule has 0 spiro atoms. The van der Waals surface area contributed by atoms with E-state index in [-0.39, 0.29) is 29.3 Å². The Hall–Kier alpha value is -3.32. The van der Waals surface area contributed by atoms with E-state index in [0.29, 0.717) is 5.69 Å². The number of rotatable bonds is 9. The second-order valence-electron chi connectivity index (χ2n) is 10.0. The molecule has 7 heteroatoms. The molecule has 0 aliphatic rings. The van der Waals surface area contributed by atoms with E-state index in [1.165, 1.54) is 4.31 Å². The summed E-state index contributed by atoms with van der Waals surface area (Å²) in [6.45, 7) is 13.5. The van der Waals surface area contributed by atoms with Gasteiger partial charge in [0.2, 0.25) is 5.91 Å². The summed E-state index contributed by atoms with van der Waals surface area (Å²) in [5, 5.41) is 3.02. The summed E-state index contributed by atoms with van der Waals surface area (Å²) >= 11 is 0. The van der Waals surface area contributed by atoms with Gasteiger partial charge in [0.25, 0.3) is 10.0 Å². The van der Waals surface area contributed by atoms with Crippen LogP contribution in [0.15, 0.2) is 59.5 Å². The molecule has 0 unspecified atom stereocenters. The molecule has 198 valence electrons. The number of carbonyl (C=O) groups is 1. The fraction of sp³-hybridized carbons (Fsp3) is 0.367. The summed E-state index contributed by atoms with van der Waals surface area (Å²) in [4.78, 5) is 13.5. The van der Waals surface area contributed by atoms with Gasteiger partial charge in [0.05, 0.1) is 23.7 Å². The molecule has 0 heterocycles. The molecule has 0 saturated carbocycles. The van der Waals surface area contributed by atoms with Crippen molar-refractivity contribution in [3.63, 3.8) is 0 Å². The number of hydrogen-bond donors (Lipinski definition) is 1. The van der Waals surface area contributed by atoms with Crippen LogP contribution in [0.3, 0.4) is 0 Å². The highest BCUT2D eigenvalue weighted by Crippen LogP contribution is 2.32. The van der Waals surface area contributed by atoms with Gasteiger partial charge in [0, 0.05) is 0 Å². The number of nitrogens with one attached hydrogen (secondary N) is 1. The van der Waals surface area contributed by atoms with Gasteiger partial charge in [-0.25, -0.2) is 8.42 Å². The van der Waals surface area contributed by atoms with Crippen LogP contribution in [-0.2, 0) is 14.8 Å². The fourth-order valence-electron chi connectivity index (χ4n) is 4.53. The van der Waals surface area contributed by atoms with E-state index >= 15 is 0 Å². The summed E-state index contributed by atoms with van der Waals surface area (Å²) in [7, 11) is -2.33. The molecule has 3 aromatic rings. The van der Waals surface area contributed by atoms with E-state index in [4.69, 9.17) is 4.74 Å². The van der Waals surface area contributed by atoms with Crippen molar-refractivity contribution in [2.24, 2.45) is 0 Å². The van der Waals surface area contributed by atoms with E-state index in [9.17, 15) is 13.2 Å². The predicted molar refractivity (Wildman–Crippen MR) is 150 cm³/mol. The number of carbonyl (C=O) groups excluding carboxylic acids is 1. The fourth-order valence-corrected chi connectivity index (χ4v) is 6.01. The zero-order chi connectivity index (χ0) is 27.5. The Morgan fingerprint density at radius 2 is 1.49 bits per heavy atom. The zero-order valence-electron chi connectivity index (χ0n) is 23.0. The molecule has 0 saturated heterocycles. The molecule has 0 aliphatic carbocycles. The number of ether oxygens (including phenoxy) is 1. The first-order valence-corrected chi connectivity index (χ1v) is 13.9. The lowest BCUT2D eigenvalue weighted by Crippen LogP contribution is -2.42. The molecular weight excluding hydrogens is 484 g/mol. The maximum atomic E-state index is 13.7. The molecule has 37 heavy (non-hydrogen) atoms. The van der Waals surface area contributed by atoms with Crippen molar-refractivity contribution in [2.75, 3.05) is 18.0 Å². The molecular formula is C30H38N2O4S. The van der Waals surface area contributed by atoms with Crippen molar-refractivity contribution in [2.45, 2.75) is 65.3 Å². The minimum Gasteiger partial charge on any atom is -0.496 e. The Morgan fingerprint density at radius 1 is 0.865 bits per heavy atom. The Kier molecular flexibility index (Phi) is 8.69. The predicted octanol–water partition coefficient (Wildman–Crippen LogP) is 6.12. The van der Waals surface area contributed by atoms with Gasteiger partial charge >= 0.3 is 0 Å². The molecule has 1 amide bonds. The molecule has 1 atom stereocenters. The largest absolute Gasteiger partial charge is 0.496 e. The lowest BCUT2D eigenvalue weighted by Gasteiger charge is -2.27. The summed E-state index contributed by atoms with van der Waals surface area (Å²) < 4.78 is 34.3. The maximum absolute atomic E-state index is 13.7. The Bertz CT molecular complexity index is 1380. The van der Waals surface area contributed by atoms with Gasteiger partial charge in [-0.1, -0.05) is 49.2 Å². The first kappa shape index (κ1) is 28.3. The van der Waals surface area contributed by atoms with Crippen LogP contribution in [0.25, 0.3) is 0 Å². The van der Waals surface area contributed by atoms with E-state index in [1.807, 2.05) is 52.8 Å². The highest BCUT2D eigenvalue weighted by molar-refractivity contribution is 7.92. The number of aryl methyl sites for hydroxylation is 4. The molecule has 3 aromatic carbocycles. The van der Waals surface area contributed by atoms with Crippen molar-refractivity contribution in [1.82, 2.24) is 5.32 Å².